The molecule has 7 rings (SSSR count). The zero-order valence-electron chi connectivity index (χ0n) is 42.5. The average Bonchev–Trinajstić information content (AvgIpc) is 3.94. The fourth-order valence-electron chi connectivity index (χ4n) is 8.53. The van der Waals surface area contributed by atoms with Crippen molar-refractivity contribution in [2.45, 2.75) is 101 Å². The summed E-state index contributed by atoms with van der Waals surface area (Å²) < 4.78 is 109. The molecule has 2 aromatic rings. The van der Waals surface area contributed by atoms with Crippen LogP contribution in [0.2, 0.25) is 51.4 Å². The number of fused-ring (bicyclic) bond motifs is 4. The van der Waals surface area contributed by atoms with Crippen LogP contribution in [-0.4, -0.2) is 143 Å². The van der Waals surface area contributed by atoms with E-state index in [0.717, 1.165) is 39.2 Å². The second-order valence-corrected chi connectivity index (χ2v) is 33.2. The standard InChI is InChI=1S/C49H63F3N4O14SSi2/c1-63-33-13-11-31(12-14-33)32-21-39-47(59)55(29-66-17-19-72(4,5)6)37-25-43(41(64-2)23-35(37)45(57)53(39)27-32)68-15-10-16-69-44-26-38-36(24-42(44)65-3)46(58)54-28-34(70-71(61,62)49(50,51)52)22-40(54)48(60)56(38)30-67-18-20-73(7,8)9/h11-13,23-28,33,39-40H,10,14-22,29-30H2,1-9H3/t33?,39-,40-/m0/s1. The summed E-state index contributed by atoms with van der Waals surface area (Å²) in [5.41, 5.74) is -3.48. The van der Waals surface area contributed by atoms with Crippen molar-refractivity contribution in [2.75, 3.05) is 71.0 Å². The van der Waals surface area contributed by atoms with Crippen LogP contribution in [0.25, 0.3) is 0 Å². The highest BCUT2D eigenvalue weighted by atomic mass is 32.2. The van der Waals surface area contributed by atoms with E-state index >= 15 is 0 Å². The van der Waals surface area contributed by atoms with Gasteiger partial charge in [0, 0.05) is 80.3 Å². The number of methoxy groups -OCH3 is 3. The lowest BCUT2D eigenvalue weighted by Gasteiger charge is -2.27. The van der Waals surface area contributed by atoms with Crippen LogP contribution in [0.4, 0.5) is 24.5 Å². The molecule has 24 heteroatoms. The molecular weight excluding hydrogens is 1010 g/mol. The molecule has 2 aromatic carbocycles. The third kappa shape index (κ3) is 12.5. The maximum absolute atomic E-state index is 14.6. The number of amides is 4. The van der Waals surface area contributed by atoms with Crippen LogP contribution in [0.15, 0.2) is 71.8 Å². The number of rotatable bonds is 22. The minimum Gasteiger partial charge on any atom is -0.493 e. The summed E-state index contributed by atoms with van der Waals surface area (Å²) in [6.45, 7) is 13.4. The molecule has 0 radical (unpaired) electrons. The lowest BCUT2D eigenvalue weighted by Crippen LogP contribution is -2.45. The summed E-state index contributed by atoms with van der Waals surface area (Å²) in [6.07, 6.45) is 8.99. The molecular formula is C49H63F3N4O14SSi2. The number of allylic oxidation sites excluding steroid dienone is 2. The highest BCUT2D eigenvalue weighted by Crippen LogP contribution is 2.44. The minimum atomic E-state index is -6.09. The Morgan fingerprint density at radius 3 is 1.60 bits per heavy atom. The molecule has 0 aromatic heterocycles. The number of carbonyl (C=O) groups excluding carboxylic acids is 4. The smallest absolute Gasteiger partial charge is 0.493 e. The molecule has 398 valence electrons. The largest absolute Gasteiger partial charge is 0.534 e. The molecule has 1 unspecified atom stereocenters. The summed E-state index contributed by atoms with van der Waals surface area (Å²) in [6, 6.07) is 5.23. The van der Waals surface area contributed by atoms with E-state index < -0.39 is 67.9 Å². The molecule has 0 bridgehead atoms. The molecule has 3 atom stereocenters. The van der Waals surface area contributed by atoms with Gasteiger partial charge >= 0.3 is 15.6 Å². The van der Waals surface area contributed by atoms with Crippen LogP contribution >= 0.6 is 0 Å². The molecule has 5 aliphatic rings. The first kappa shape index (κ1) is 55.1. The average molecular weight is 1080 g/mol. The van der Waals surface area contributed by atoms with E-state index in [-0.39, 0.29) is 97.4 Å². The Labute approximate surface area is 425 Å². The van der Waals surface area contributed by atoms with Gasteiger partial charge in [0.15, 0.2) is 23.0 Å². The quantitative estimate of drug-likeness (QED) is 0.0481. The number of hydrogen-bond donors (Lipinski definition) is 0. The van der Waals surface area contributed by atoms with Crippen LogP contribution in [-0.2, 0) is 38.1 Å². The van der Waals surface area contributed by atoms with Gasteiger partial charge in [0.05, 0.1) is 56.0 Å². The zero-order valence-corrected chi connectivity index (χ0v) is 45.3. The fourth-order valence-corrected chi connectivity index (χ4v) is 10.5. The third-order valence-corrected chi connectivity index (χ3v) is 17.1. The Bertz CT molecular complexity index is 2720. The van der Waals surface area contributed by atoms with Crippen molar-refractivity contribution in [3.63, 3.8) is 0 Å². The molecule has 73 heavy (non-hydrogen) atoms. The van der Waals surface area contributed by atoms with Crippen molar-refractivity contribution < 1.29 is 78.1 Å². The van der Waals surface area contributed by atoms with Crippen LogP contribution in [0, 0.1) is 0 Å². The van der Waals surface area contributed by atoms with Gasteiger partial charge in [0.25, 0.3) is 23.6 Å². The van der Waals surface area contributed by atoms with Gasteiger partial charge in [-0.15, -0.1) is 0 Å². The van der Waals surface area contributed by atoms with Gasteiger partial charge in [-0.2, -0.15) is 21.6 Å². The molecule has 1 aliphatic carbocycles. The highest BCUT2D eigenvalue weighted by molar-refractivity contribution is 7.87. The molecule has 4 heterocycles. The summed E-state index contributed by atoms with van der Waals surface area (Å²) in [5, 5.41) is 0. The number of carbonyl (C=O) groups is 4. The Balaban J connectivity index is 1.11. The van der Waals surface area contributed by atoms with Crippen molar-refractivity contribution in [1.82, 2.24) is 9.80 Å². The first-order chi connectivity index (χ1) is 34.3. The Kier molecular flexibility index (Phi) is 16.6. The first-order valence-corrected chi connectivity index (χ1v) is 32.6. The molecule has 4 aliphatic heterocycles. The molecule has 0 saturated heterocycles. The summed E-state index contributed by atoms with van der Waals surface area (Å²) in [4.78, 5) is 62.3. The molecule has 0 N–H and O–H groups in total. The predicted molar refractivity (Wildman–Crippen MR) is 269 cm³/mol. The summed E-state index contributed by atoms with van der Waals surface area (Å²) in [7, 11) is -4.76. The van der Waals surface area contributed by atoms with Crippen LogP contribution in [0.5, 0.6) is 23.0 Å². The van der Waals surface area contributed by atoms with Crippen molar-refractivity contribution in [1.29, 1.82) is 0 Å². The van der Waals surface area contributed by atoms with E-state index in [1.165, 1.54) is 36.2 Å². The van der Waals surface area contributed by atoms with E-state index in [9.17, 15) is 40.8 Å². The highest BCUT2D eigenvalue weighted by Gasteiger charge is 2.51. The number of anilines is 2. The second-order valence-electron chi connectivity index (χ2n) is 20.4. The Hall–Kier alpha value is -5.67. The summed E-state index contributed by atoms with van der Waals surface area (Å²) >= 11 is 0. The van der Waals surface area contributed by atoms with Gasteiger partial charge in [-0.25, -0.2) is 0 Å². The van der Waals surface area contributed by atoms with Gasteiger partial charge in [-0.05, 0) is 41.8 Å². The van der Waals surface area contributed by atoms with Crippen molar-refractivity contribution in [3.05, 3.63) is 82.9 Å². The van der Waals surface area contributed by atoms with E-state index in [2.05, 4.69) is 43.5 Å². The SMILES string of the molecule is COc1cc2c(cc1OCCCOc1cc3c(cc1OC)C(=O)N1C=C(C4=CCC(OC)C=C4)C[C@H]1C(=O)N3COCC[Si](C)(C)C)N(COCC[Si](C)(C)C)C(=O)[C@@H]1CC(OS(=O)(=O)C(F)(F)F)=CN1C2=O. The number of hydrogen-bond acceptors (Lipinski definition) is 14. The normalized spacial score (nSPS) is 20.2. The third-order valence-electron chi connectivity index (χ3n) is 12.7. The Morgan fingerprint density at radius 1 is 0.671 bits per heavy atom. The number of nitrogens with zero attached hydrogens (tertiary/aromatic N) is 4. The first-order valence-electron chi connectivity index (χ1n) is 23.8. The van der Waals surface area contributed by atoms with Gasteiger partial charge in [-0.3, -0.25) is 33.9 Å². The monoisotopic (exact) mass is 1080 g/mol. The molecule has 0 fully saturated rings. The summed E-state index contributed by atoms with van der Waals surface area (Å²) in [5.74, 6) is -2.36. The van der Waals surface area contributed by atoms with Gasteiger partial charge in [-0.1, -0.05) is 57.5 Å². The van der Waals surface area contributed by atoms with Crippen molar-refractivity contribution >= 4 is 61.3 Å². The molecule has 0 saturated carbocycles. The number of alkyl halides is 3. The topological polar surface area (TPSA) is 189 Å². The number of benzene rings is 2. The van der Waals surface area contributed by atoms with Crippen LogP contribution in [0.3, 0.4) is 0 Å². The zero-order chi connectivity index (χ0) is 53.2. The van der Waals surface area contributed by atoms with Gasteiger partial charge < -0.3 is 42.2 Å². The minimum absolute atomic E-state index is 0.0138. The van der Waals surface area contributed by atoms with E-state index in [0.29, 0.717) is 25.1 Å². The fraction of sp³-hybridized carbons (Fsp3) is 0.510. The number of ether oxygens (including phenoxy) is 7. The number of halogens is 3. The van der Waals surface area contributed by atoms with Gasteiger partial charge in [0.1, 0.15) is 31.3 Å². The molecule has 4 amide bonds. The molecule has 18 nitrogen and oxygen atoms in total. The van der Waals surface area contributed by atoms with Crippen molar-refractivity contribution in [2.24, 2.45) is 0 Å². The lowest BCUT2D eigenvalue weighted by atomic mass is 9.96. The molecule has 0 spiro atoms. The Morgan fingerprint density at radius 2 is 1.16 bits per heavy atom. The van der Waals surface area contributed by atoms with Crippen LogP contribution in [0.1, 0.15) is 46.4 Å². The van der Waals surface area contributed by atoms with Crippen molar-refractivity contribution in [3.8, 4) is 23.0 Å². The van der Waals surface area contributed by atoms with E-state index in [4.69, 9.17) is 33.2 Å². The maximum atomic E-state index is 14.6. The van der Waals surface area contributed by atoms with Gasteiger partial charge in [0.2, 0.25) is 0 Å². The lowest BCUT2D eigenvalue weighted by molar-refractivity contribution is -0.123. The predicted octanol–water partition coefficient (Wildman–Crippen LogP) is 7.79. The van der Waals surface area contributed by atoms with Crippen LogP contribution < -0.4 is 28.7 Å². The second kappa shape index (κ2) is 22.0. The maximum Gasteiger partial charge on any atom is 0.534 e. The van der Waals surface area contributed by atoms with E-state index in [1.54, 1.807) is 25.4 Å². The van der Waals surface area contributed by atoms with E-state index in [1.807, 2.05) is 18.2 Å².